The van der Waals surface area contributed by atoms with Gasteiger partial charge in [0.25, 0.3) is 0 Å². The van der Waals surface area contributed by atoms with E-state index in [9.17, 15) is 43.2 Å². The third-order valence-electron chi connectivity index (χ3n) is 17.8. The molecule has 0 rings (SSSR count). The molecule has 96 heavy (non-hydrogen) atoms. The lowest BCUT2D eigenvalue weighted by molar-refractivity contribution is -0.161. The van der Waals surface area contributed by atoms with Crippen molar-refractivity contribution in [1.82, 2.24) is 0 Å². The van der Waals surface area contributed by atoms with Gasteiger partial charge in [0.2, 0.25) is 0 Å². The highest BCUT2D eigenvalue weighted by Crippen LogP contribution is 2.45. The van der Waals surface area contributed by atoms with Crippen molar-refractivity contribution in [1.29, 1.82) is 0 Å². The van der Waals surface area contributed by atoms with E-state index in [-0.39, 0.29) is 25.7 Å². The van der Waals surface area contributed by atoms with Crippen LogP contribution in [0.4, 0.5) is 0 Å². The molecular formula is C77H150O17P2. The second-order valence-corrected chi connectivity index (χ2v) is 32.6. The SMILES string of the molecule is CC(C)CCCCCCCCCCCCCCCCCC(=O)OC[C@H](COP(=O)(O)OC[C@@H](O)COP(=O)(O)OC[C@@H](COC(=O)CCCCCCCCC(C)C)OC(=O)CCCCCCCCCCCC(C)C)OC(=O)CCCCCCCCCCCCCCCCC(C)C. The molecule has 0 aromatic rings. The van der Waals surface area contributed by atoms with Gasteiger partial charge in [0, 0.05) is 25.7 Å². The molecule has 0 amide bonds. The van der Waals surface area contributed by atoms with Gasteiger partial charge in [0.05, 0.1) is 26.4 Å². The summed E-state index contributed by atoms with van der Waals surface area (Å²) in [6, 6.07) is 0. The molecular weight excluding hydrogens is 1260 g/mol. The molecule has 0 aromatic carbocycles. The van der Waals surface area contributed by atoms with Crippen LogP contribution in [-0.2, 0) is 65.4 Å². The van der Waals surface area contributed by atoms with Crippen molar-refractivity contribution in [3.63, 3.8) is 0 Å². The Bertz CT molecular complexity index is 1880. The minimum atomic E-state index is -4.96. The molecule has 0 aromatic heterocycles. The zero-order valence-corrected chi connectivity index (χ0v) is 64.8. The Morgan fingerprint density at radius 1 is 0.260 bits per heavy atom. The van der Waals surface area contributed by atoms with Crippen LogP contribution in [-0.4, -0.2) is 96.7 Å². The maximum absolute atomic E-state index is 13.1. The van der Waals surface area contributed by atoms with Gasteiger partial charge in [-0.2, -0.15) is 0 Å². The maximum Gasteiger partial charge on any atom is 0.472 e. The molecule has 17 nitrogen and oxygen atoms in total. The van der Waals surface area contributed by atoms with E-state index in [0.717, 1.165) is 114 Å². The lowest BCUT2D eigenvalue weighted by Gasteiger charge is -2.21. The maximum atomic E-state index is 13.1. The van der Waals surface area contributed by atoms with Gasteiger partial charge in [-0.05, 0) is 49.4 Å². The monoisotopic (exact) mass is 1410 g/mol. The minimum absolute atomic E-state index is 0.104. The summed E-state index contributed by atoms with van der Waals surface area (Å²) in [5.41, 5.74) is 0. The van der Waals surface area contributed by atoms with Crippen LogP contribution in [0.25, 0.3) is 0 Å². The third-order valence-corrected chi connectivity index (χ3v) is 19.7. The Kier molecular flexibility index (Phi) is 65.0. The van der Waals surface area contributed by atoms with Crippen LogP contribution in [0.1, 0.15) is 389 Å². The van der Waals surface area contributed by atoms with E-state index >= 15 is 0 Å². The first-order chi connectivity index (χ1) is 46.1. The lowest BCUT2D eigenvalue weighted by Crippen LogP contribution is -2.30. The summed E-state index contributed by atoms with van der Waals surface area (Å²) in [5, 5.41) is 10.6. The average molecular weight is 1410 g/mol. The van der Waals surface area contributed by atoms with Gasteiger partial charge in [-0.15, -0.1) is 0 Å². The van der Waals surface area contributed by atoms with Crippen molar-refractivity contribution in [3.05, 3.63) is 0 Å². The number of aliphatic hydroxyl groups excluding tert-OH is 1. The third kappa shape index (κ3) is 70.5. The predicted molar refractivity (Wildman–Crippen MR) is 391 cm³/mol. The van der Waals surface area contributed by atoms with Crippen LogP contribution in [0.3, 0.4) is 0 Å². The van der Waals surface area contributed by atoms with Crippen LogP contribution in [0, 0.1) is 23.7 Å². The number of hydrogen-bond donors (Lipinski definition) is 3. The largest absolute Gasteiger partial charge is 0.472 e. The Labute approximate surface area is 588 Å². The summed E-state index contributed by atoms with van der Waals surface area (Å²) in [5.74, 6) is 0.896. The molecule has 5 atom stereocenters. The number of hydrogen-bond acceptors (Lipinski definition) is 15. The van der Waals surface area contributed by atoms with Crippen LogP contribution in [0.2, 0.25) is 0 Å². The van der Waals surface area contributed by atoms with Gasteiger partial charge < -0.3 is 33.8 Å². The fourth-order valence-electron chi connectivity index (χ4n) is 11.7. The van der Waals surface area contributed by atoms with Crippen molar-refractivity contribution >= 4 is 39.5 Å². The van der Waals surface area contributed by atoms with Crippen molar-refractivity contribution in [2.75, 3.05) is 39.6 Å². The molecule has 0 aliphatic carbocycles. The quantitative estimate of drug-likeness (QED) is 0.0222. The van der Waals surface area contributed by atoms with Gasteiger partial charge in [-0.1, -0.05) is 338 Å². The van der Waals surface area contributed by atoms with Gasteiger partial charge >= 0.3 is 39.5 Å². The van der Waals surface area contributed by atoms with E-state index in [4.69, 9.17) is 37.0 Å². The van der Waals surface area contributed by atoms with E-state index in [1.54, 1.807) is 0 Å². The summed E-state index contributed by atoms with van der Waals surface area (Å²) in [4.78, 5) is 72.8. The van der Waals surface area contributed by atoms with Crippen molar-refractivity contribution in [2.24, 2.45) is 23.7 Å². The number of esters is 4. The topological polar surface area (TPSA) is 237 Å². The van der Waals surface area contributed by atoms with E-state index in [1.165, 1.54) is 186 Å². The molecule has 3 N–H and O–H groups in total. The average Bonchev–Trinajstić information content (AvgIpc) is 1.30. The molecule has 0 saturated carbocycles. The molecule has 0 aliphatic heterocycles. The first kappa shape index (κ1) is 94.1. The molecule has 0 aliphatic rings. The van der Waals surface area contributed by atoms with Crippen molar-refractivity contribution in [2.45, 2.75) is 408 Å². The highest BCUT2D eigenvalue weighted by Gasteiger charge is 2.30. The fourth-order valence-corrected chi connectivity index (χ4v) is 13.3. The van der Waals surface area contributed by atoms with E-state index in [1.807, 2.05) is 0 Å². The van der Waals surface area contributed by atoms with E-state index < -0.39 is 97.5 Å². The molecule has 0 heterocycles. The minimum Gasteiger partial charge on any atom is -0.462 e. The van der Waals surface area contributed by atoms with Crippen molar-refractivity contribution < 1.29 is 80.2 Å². The summed E-state index contributed by atoms with van der Waals surface area (Å²) < 4.78 is 68.5. The van der Waals surface area contributed by atoms with Gasteiger partial charge in [0.1, 0.15) is 19.3 Å². The summed E-state index contributed by atoms with van der Waals surface area (Å²) >= 11 is 0. The Morgan fingerprint density at radius 3 is 0.646 bits per heavy atom. The smallest absolute Gasteiger partial charge is 0.462 e. The van der Waals surface area contributed by atoms with Crippen LogP contribution >= 0.6 is 15.6 Å². The number of rotatable bonds is 74. The number of phosphoric acid groups is 2. The van der Waals surface area contributed by atoms with Crippen LogP contribution in [0.15, 0.2) is 0 Å². The fraction of sp³-hybridized carbons (Fsp3) is 0.948. The Hall–Kier alpha value is -1.94. The first-order valence-electron chi connectivity index (χ1n) is 39.7. The molecule has 2 unspecified atom stereocenters. The molecule has 0 radical (unpaired) electrons. The van der Waals surface area contributed by atoms with Gasteiger partial charge in [-0.25, -0.2) is 9.13 Å². The number of ether oxygens (including phenoxy) is 4. The summed E-state index contributed by atoms with van der Waals surface area (Å²) in [6.45, 7) is 14.2. The van der Waals surface area contributed by atoms with Crippen molar-refractivity contribution in [3.8, 4) is 0 Å². The molecule has 570 valence electrons. The molecule has 19 heteroatoms. The zero-order valence-electron chi connectivity index (χ0n) is 63.0. The number of carbonyl (C=O) groups is 4. The normalized spacial score (nSPS) is 14.1. The number of phosphoric ester groups is 2. The highest BCUT2D eigenvalue weighted by molar-refractivity contribution is 7.47. The first-order valence-corrected chi connectivity index (χ1v) is 42.7. The van der Waals surface area contributed by atoms with Gasteiger partial charge in [-0.3, -0.25) is 37.3 Å². The standard InChI is InChI=1S/C77H150O17P2/c1-67(2)53-45-37-29-23-18-14-10-9-11-16-20-26-32-41-49-57-74(79)87-63-72(93-76(81)59-51-43-33-27-21-17-13-12-15-19-24-30-38-46-54-68(3)4)65-91-95(83,84)89-61-71(78)62-90-96(85,86)92-66-73(64-88-75(80)58-50-42-36-35-40-48-56-70(7)8)94-77(82)60-52-44-34-28-22-25-31-39-47-55-69(5)6/h67-73,78H,9-66H2,1-8H3,(H,83,84)(H,85,86)/t71-,72-,73-/m1/s1. The summed E-state index contributed by atoms with van der Waals surface area (Å²) in [6.07, 6.45) is 51.5. The zero-order chi connectivity index (χ0) is 71.0. The molecule has 0 spiro atoms. The van der Waals surface area contributed by atoms with E-state index in [2.05, 4.69) is 55.4 Å². The lowest BCUT2D eigenvalue weighted by atomic mass is 10.0. The predicted octanol–water partition coefficient (Wildman–Crippen LogP) is 22.4. The van der Waals surface area contributed by atoms with Crippen LogP contribution < -0.4 is 0 Å². The van der Waals surface area contributed by atoms with Crippen LogP contribution in [0.5, 0.6) is 0 Å². The Balaban J connectivity index is 5.23. The number of carbonyl (C=O) groups excluding carboxylic acids is 4. The second-order valence-electron chi connectivity index (χ2n) is 29.7. The second kappa shape index (κ2) is 66.3. The number of unbranched alkanes of at least 4 members (excludes halogenated alkanes) is 40. The Morgan fingerprint density at radius 2 is 0.438 bits per heavy atom. The molecule has 0 bridgehead atoms. The number of aliphatic hydroxyl groups is 1. The summed E-state index contributed by atoms with van der Waals surface area (Å²) in [7, 11) is -9.91. The van der Waals surface area contributed by atoms with Gasteiger partial charge in [0.15, 0.2) is 12.2 Å². The highest BCUT2D eigenvalue weighted by atomic mass is 31.2. The van der Waals surface area contributed by atoms with E-state index in [0.29, 0.717) is 31.6 Å². The molecule has 0 fully saturated rings. The molecule has 0 saturated heterocycles.